The van der Waals surface area contributed by atoms with Gasteiger partial charge in [-0.15, -0.1) is 0 Å². The Morgan fingerprint density at radius 3 is 2.61 bits per heavy atom. The van der Waals surface area contributed by atoms with Gasteiger partial charge in [-0.25, -0.2) is 4.39 Å². The van der Waals surface area contributed by atoms with Crippen LogP contribution in [0.5, 0.6) is 0 Å². The number of nitrogens with zero attached hydrogens (tertiary/aromatic N) is 1. The van der Waals surface area contributed by atoms with Gasteiger partial charge in [0.25, 0.3) is 0 Å². The maximum atomic E-state index is 12.9. The average Bonchev–Trinajstić information content (AvgIpc) is 2.36. The molecule has 3 nitrogen and oxygen atoms in total. The zero-order chi connectivity index (χ0) is 13.4. The fourth-order valence-electron chi connectivity index (χ4n) is 1.72. The molecule has 1 rings (SSSR count). The van der Waals surface area contributed by atoms with E-state index < -0.39 is 0 Å². The van der Waals surface area contributed by atoms with Crippen LogP contribution in [0.3, 0.4) is 0 Å². The van der Waals surface area contributed by atoms with Crippen LogP contribution in [0.15, 0.2) is 23.2 Å². The number of rotatable bonds is 5. The molecular formula is C14H22FN3. The van der Waals surface area contributed by atoms with Gasteiger partial charge in [0, 0.05) is 20.1 Å². The average molecular weight is 251 g/mol. The van der Waals surface area contributed by atoms with Crippen LogP contribution in [-0.4, -0.2) is 26.1 Å². The number of hydrogen-bond acceptors (Lipinski definition) is 1. The first-order valence-corrected chi connectivity index (χ1v) is 6.37. The summed E-state index contributed by atoms with van der Waals surface area (Å²) in [6.07, 6.45) is 1.93. The van der Waals surface area contributed by atoms with Crippen molar-refractivity contribution in [1.29, 1.82) is 0 Å². The van der Waals surface area contributed by atoms with E-state index in [0.29, 0.717) is 0 Å². The molecule has 0 bridgehead atoms. The van der Waals surface area contributed by atoms with Crippen molar-refractivity contribution < 1.29 is 4.39 Å². The van der Waals surface area contributed by atoms with Crippen molar-refractivity contribution in [3.8, 4) is 0 Å². The van der Waals surface area contributed by atoms with Gasteiger partial charge in [0.1, 0.15) is 5.82 Å². The monoisotopic (exact) mass is 251 g/mol. The summed E-state index contributed by atoms with van der Waals surface area (Å²) in [7, 11) is 1.76. The number of nitrogens with one attached hydrogen (secondary N) is 2. The van der Waals surface area contributed by atoms with Crippen molar-refractivity contribution in [2.75, 3.05) is 20.1 Å². The molecule has 0 atom stereocenters. The number of aliphatic imine (C=N–C) groups is 1. The number of guanidine groups is 1. The molecule has 0 amide bonds. The summed E-state index contributed by atoms with van der Waals surface area (Å²) in [4.78, 5) is 4.13. The summed E-state index contributed by atoms with van der Waals surface area (Å²) in [5, 5.41) is 6.45. The van der Waals surface area contributed by atoms with Gasteiger partial charge >= 0.3 is 0 Å². The predicted molar refractivity (Wildman–Crippen MR) is 74.5 cm³/mol. The van der Waals surface area contributed by atoms with E-state index in [-0.39, 0.29) is 5.82 Å². The summed E-state index contributed by atoms with van der Waals surface area (Å²) in [5.74, 6) is 0.640. The van der Waals surface area contributed by atoms with Crippen molar-refractivity contribution in [1.82, 2.24) is 10.6 Å². The smallest absolute Gasteiger partial charge is 0.190 e. The standard InChI is InChI=1S/C14H22FN3/c1-4-8-17-14(16-3)18-9-7-12-5-6-13(15)10-11(12)2/h5-6,10H,4,7-9H2,1-3H3,(H2,16,17,18). The third-order valence-corrected chi connectivity index (χ3v) is 2.76. The van der Waals surface area contributed by atoms with E-state index in [1.54, 1.807) is 13.1 Å². The Kier molecular flexibility index (Phi) is 6.19. The molecule has 0 aliphatic carbocycles. The van der Waals surface area contributed by atoms with E-state index >= 15 is 0 Å². The zero-order valence-corrected chi connectivity index (χ0v) is 11.4. The van der Waals surface area contributed by atoms with Crippen LogP contribution < -0.4 is 10.6 Å². The molecule has 18 heavy (non-hydrogen) atoms. The van der Waals surface area contributed by atoms with Crippen molar-refractivity contribution in [3.05, 3.63) is 35.1 Å². The van der Waals surface area contributed by atoms with Crippen LogP contribution in [0.1, 0.15) is 24.5 Å². The second-order valence-corrected chi connectivity index (χ2v) is 4.25. The third-order valence-electron chi connectivity index (χ3n) is 2.76. The molecule has 0 fully saturated rings. The van der Waals surface area contributed by atoms with E-state index in [0.717, 1.165) is 43.0 Å². The van der Waals surface area contributed by atoms with Crippen LogP contribution in [-0.2, 0) is 6.42 Å². The maximum Gasteiger partial charge on any atom is 0.190 e. The number of benzene rings is 1. The topological polar surface area (TPSA) is 36.4 Å². The van der Waals surface area contributed by atoms with Gasteiger partial charge < -0.3 is 10.6 Å². The fourth-order valence-corrected chi connectivity index (χ4v) is 1.72. The largest absolute Gasteiger partial charge is 0.356 e. The lowest BCUT2D eigenvalue weighted by Gasteiger charge is -2.12. The molecule has 0 aliphatic heterocycles. The van der Waals surface area contributed by atoms with E-state index in [2.05, 4.69) is 22.5 Å². The Labute approximate surface area is 109 Å². The maximum absolute atomic E-state index is 12.9. The lowest BCUT2D eigenvalue weighted by Crippen LogP contribution is -2.38. The quantitative estimate of drug-likeness (QED) is 0.622. The lowest BCUT2D eigenvalue weighted by molar-refractivity contribution is 0.625. The molecule has 100 valence electrons. The van der Waals surface area contributed by atoms with Crippen LogP contribution in [0.4, 0.5) is 4.39 Å². The summed E-state index contributed by atoms with van der Waals surface area (Å²) in [5.41, 5.74) is 2.16. The first-order valence-electron chi connectivity index (χ1n) is 6.37. The van der Waals surface area contributed by atoms with E-state index in [1.165, 1.54) is 6.07 Å². The van der Waals surface area contributed by atoms with Gasteiger partial charge in [0.15, 0.2) is 5.96 Å². The normalized spacial score (nSPS) is 11.4. The molecule has 1 aromatic carbocycles. The van der Waals surface area contributed by atoms with Gasteiger partial charge in [-0.2, -0.15) is 0 Å². The molecule has 0 aliphatic rings. The minimum atomic E-state index is -0.176. The number of halogens is 1. The summed E-state index contributed by atoms with van der Waals surface area (Å²) >= 11 is 0. The first-order chi connectivity index (χ1) is 8.67. The SMILES string of the molecule is CCCNC(=NC)NCCc1ccc(F)cc1C. The van der Waals surface area contributed by atoms with Gasteiger partial charge in [0.2, 0.25) is 0 Å². The fraction of sp³-hybridized carbons (Fsp3) is 0.500. The van der Waals surface area contributed by atoms with Crippen LogP contribution in [0.25, 0.3) is 0 Å². The van der Waals surface area contributed by atoms with Gasteiger partial charge in [-0.3, -0.25) is 4.99 Å². The van der Waals surface area contributed by atoms with E-state index in [9.17, 15) is 4.39 Å². The summed E-state index contributed by atoms with van der Waals surface area (Å²) < 4.78 is 12.9. The highest BCUT2D eigenvalue weighted by molar-refractivity contribution is 5.79. The van der Waals surface area contributed by atoms with E-state index in [4.69, 9.17) is 0 Å². The molecule has 2 N–H and O–H groups in total. The third kappa shape index (κ3) is 4.73. The molecule has 0 aromatic heterocycles. The molecule has 0 heterocycles. The van der Waals surface area contributed by atoms with Gasteiger partial charge in [0.05, 0.1) is 0 Å². The minimum absolute atomic E-state index is 0.176. The number of hydrogen-bond donors (Lipinski definition) is 2. The first kappa shape index (κ1) is 14.5. The van der Waals surface area contributed by atoms with Crippen LogP contribution >= 0.6 is 0 Å². The van der Waals surface area contributed by atoms with Gasteiger partial charge in [-0.05, 0) is 43.0 Å². The molecule has 0 saturated carbocycles. The molecule has 0 unspecified atom stereocenters. The molecule has 0 radical (unpaired) electrons. The second kappa shape index (κ2) is 7.69. The van der Waals surface area contributed by atoms with Crippen molar-refractivity contribution >= 4 is 5.96 Å². The Morgan fingerprint density at radius 1 is 1.28 bits per heavy atom. The summed E-state index contributed by atoms with van der Waals surface area (Å²) in [6.45, 7) is 5.75. The summed E-state index contributed by atoms with van der Waals surface area (Å²) in [6, 6.07) is 4.92. The predicted octanol–water partition coefficient (Wildman–Crippen LogP) is 2.25. The van der Waals surface area contributed by atoms with Crippen LogP contribution in [0.2, 0.25) is 0 Å². The number of aryl methyl sites for hydroxylation is 1. The van der Waals surface area contributed by atoms with Gasteiger partial charge in [-0.1, -0.05) is 13.0 Å². The van der Waals surface area contributed by atoms with E-state index in [1.807, 2.05) is 13.0 Å². The Morgan fingerprint density at radius 2 is 2.00 bits per heavy atom. The highest BCUT2D eigenvalue weighted by atomic mass is 19.1. The molecular weight excluding hydrogens is 229 g/mol. The van der Waals surface area contributed by atoms with Crippen LogP contribution in [0, 0.1) is 12.7 Å². The Bertz CT molecular complexity index is 402. The highest BCUT2D eigenvalue weighted by Gasteiger charge is 2.01. The second-order valence-electron chi connectivity index (χ2n) is 4.25. The molecule has 0 saturated heterocycles. The van der Waals surface area contributed by atoms with Crippen molar-refractivity contribution in [2.24, 2.45) is 4.99 Å². The molecule has 0 spiro atoms. The Balaban J connectivity index is 2.41. The lowest BCUT2D eigenvalue weighted by atomic mass is 10.1. The zero-order valence-electron chi connectivity index (χ0n) is 11.4. The van der Waals surface area contributed by atoms with Crippen molar-refractivity contribution in [2.45, 2.75) is 26.7 Å². The Hall–Kier alpha value is -1.58. The molecule has 1 aromatic rings. The van der Waals surface area contributed by atoms with Crippen molar-refractivity contribution in [3.63, 3.8) is 0 Å². The minimum Gasteiger partial charge on any atom is -0.356 e. The highest BCUT2D eigenvalue weighted by Crippen LogP contribution is 2.10. The molecule has 4 heteroatoms.